The summed E-state index contributed by atoms with van der Waals surface area (Å²) in [5, 5.41) is 0. The number of unbranched alkanes of at least 4 members (excludes halogenated alkanes) is 3. The van der Waals surface area contributed by atoms with Crippen molar-refractivity contribution in [1.29, 1.82) is 0 Å². The number of ether oxygens (including phenoxy) is 1. The highest BCUT2D eigenvalue weighted by Crippen LogP contribution is 2.21. The Hall–Kier alpha value is -1.57. The van der Waals surface area contributed by atoms with E-state index < -0.39 is 0 Å². The van der Waals surface area contributed by atoms with E-state index in [1.165, 1.54) is 12.8 Å². The molecule has 19 heavy (non-hydrogen) atoms. The molecule has 0 spiro atoms. The topological polar surface area (TPSA) is 26.3 Å². The molecule has 0 amide bonds. The van der Waals surface area contributed by atoms with Crippen molar-refractivity contribution < 1.29 is 9.53 Å². The van der Waals surface area contributed by atoms with Crippen LogP contribution in [0.2, 0.25) is 0 Å². The third kappa shape index (κ3) is 4.90. The zero-order chi connectivity index (χ0) is 14.3. The summed E-state index contributed by atoms with van der Waals surface area (Å²) in [6.45, 7) is 7.98. The number of carbonyl (C=O) groups is 1. The lowest BCUT2D eigenvalue weighted by molar-refractivity contribution is -0.130. The summed E-state index contributed by atoms with van der Waals surface area (Å²) in [6, 6.07) is 5.76. The van der Waals surface area contributed by atoms with Gasteiger partial charge >= 0.3 is 5.97 Å². The molecule has 0 heterocycles. The Kier molecular flexibility index (Phi) is 6.34. The summed E-state index contributed by atoms with van der Waals surface area (Å²) in [6.07, 6.45) is 6.45. The minimum Gasteiger partial charge on any atom is -0.423 e. The molecule has 0 saturated carbocycles. The lowest BCUT2D eigenvalue weighted by Crippen LogP contribution is -2.10. The zero-order valence-corrected chi connectivity index (χ0v) is 12.5. The summed E-state index contributed by atoms with van der Waals surface area (Å²) in [5.41, 5.74) is 2.85. The van der Waals surface area contributed by atoms with Crippen molar-refractivity contribution in [3.8, 4) is 5.75 Å². The van der Waals surface area contributed by atoms with Crippen LogP contribution in [0.3, 0.4) is 0 Å². The van der Waals surface area contributed by atoms with Gasteiger partial charge in [-0.2, -0.15) is 0 Å². The van der Waals surface area contributed by atoms with Crippen molar-refractivity contribution in [2.45, 2.75) is 53.4 Å². The number of allylic oxidation sites excluding steroid dienone is 1. The van der Waals surface area contributed by atoms with Crippen molar-refractivity contribution in [3.63, 3.8) is 0 Å². The van der Waals surface area contributed by atoms with E-state index in [1.54, 1.807) is 0 Å². The van der Waals surface area contributed by atoms with Crippen LogP contribution in [0.15, 0.2) is 29.8 Å². The highest BCUT2D eigenvalue weighted by Gasteiger charge is 2.09. The standard InChI is InChI=1S/C17H24O2/c1-5-6-7-8-10-14(3)17(18)19-16-12-9-11-13(2)15(16)4/h9-12H,5-8H2,1-4H3. The smallest absolute Gasteiger partial charge is 0.338 e. The van der Waals surface area contributed by atoms with Gasteiger partial charge in [0, 0.05) is 5.57 Å². The van der Waals surface area contributed by atoms with Crippen molar-refractivity contribution in [1.82, 2.24) is 0 Å². The monoisotopic (exact) mass is 260 g/mol. The fourth-order valence-corrected chi connectivity index (χ4v) is 1.81. The van der Waals surface area contributed by atoms with E-state index in [0.29, 0.717) is 11.3 Å². The van der Waals surface area contributed by atoms with Crippen LogP contribution >= 0.6 is 0 Å². The second-order valence-corrected chi connectivity index (χ2v) is 4.97. The maximum atomic E-state index is 11.9. The first kappa shape index (κ1) is 15.5. The van der Waals surface area contributed by atoms with Gasteiger partial charge in [-0.1, -0.05) is 38.0 Å². The van der Waals surface area contributed by atoms with Gasteiger partial charge in [0.2, 0.25) is 0 Å². The highest BCUT2D eigenvalue weighted by atomic mass is 16.5. The summed E-state index contributed by atoms with van der Waals surface area (Å²) in [4.78, 5) is 11.9. The molecule has 2 heteroatoms. The lowest BCUT2D eigenvalue weighted by Gasteiger charge is -2.09. The Balaban J connectivity index is 2.61. The molecule has 1 aromatic carbocycles. The van der Waals surface area contributed by atoms with Crippen LogP contribution in [-0.2, 0) is 4.79 Å². The van der Waals surface area contributed by atoms with Gasteiger partial charge in [-0.05, 0) is 50.8 Å². The van der Waals surface area contributed by atoms with Crippen molar-refractivity contribution >= 4 is 5.97 Å². The van der Waals surface area contributed by atoms with E-state index >= 15 is 0 Å². The molecule has 0 aliphatic heterocycles. The van der Waals surface area contributed by atoms with Crippen molar-refractivity contribution in [3.05, 3.63) is 41.0 Å². The van der Waals surface area contributed by atoms with Gasteiger partial charge in [0.25, 0.3) is 0 Å². The molecule has 2 nitrogen and oxygen atoms in total. The van der Waals surface area contributed by atoms with Gasteiger partial charge in [0.05, 0.1) is 0 Å². The molecule has 0 unspecified atom stereocenters. The minimum atomic E-state index is -0.245. The maximum absolute atomic E-state index is 11.9. The van der Waals surface area contributed by atoms with Gasteiger partial charge in [-0.15, -0.1) is 0 Å². The van der Waals surface area contributed by atoms with Gasteiger partial charge in [-0.25, -0.2) is 4.79 Å². The zero-order valence-electron chi connectivity index (χ0n) is 12.5. The first-order valence-corrected chi connectivity index (χ1v) is 7.01. The SMILES string of the molecule is CCCCCC=C(C)C(=O)Oc1cccc(C)c1C. The molecule has 1 rings (SSSR count). The van der Waals surface area contributed by atoms with Crippen molar-refractivity contribution in [2.24, 2.45) is 0 Å². The van der Waals surface area contributed by atoms with Crippen LogP contribution in [0.4, 0.5) is 0 Å². The van der Waals surface area contributed by atoms with Gasteiger partial charge in [-0.3, -0.25) is 0 Å². The molecule has 1 aromatic rings. The fourth-order valence-electron chi connectivity index (χ4n) is 1.81. The van der Waals surface area contributed by atoms with E-state index in [1.807, 2.05) is 45.0 Å². The number of carbonyl (C=O) groups excluding carboxylic acids is 1. The van der Waals surface area contributed by atoms with Crippen LogP contribution in [0.1, 0.15) is 50.7 Å². The molecule has 0 aliphatic rings. The summed E-state index contributed by atoms with van der Waals surface area (Å²) < 4.78 is 5.44. The third-order valence-electron chi connectivity index (χ3n) is 3.34. The quantitative estimate of drug-likeness (QED) is 0.320. The van der Waals surface area contributed by atoms with Crippen LogP contribution in [0.25, 0.3) is 0 Å². The van der Waals surface area contributed by atoms with Crippen LogP contribution in [-0.4, -0.2) is 5.97 Å². The molecule has 0 bridgehead atoms. The number of rotatable bonds is 6. The fraction of sp³-hybridized carbons (Fsp3) is 0.471. The molecule has 0 atom stereocenters. The highest BCUT2D eigenvalue weighted by molar-refractivity contribution is 5.89. The number of hydrogen-bond acceptors (Lipinski definition) is 2. The molecule has 0 radical (unpaired) electrons. The van der Waals surface area contributed by atoms with Crippen LogP contribution in [0.5, 0.6) is 5.75 Å². The summed E-state index contributed by atoms with van der Waals surface area (Å²) >= 11 is 0. The molecular weight excluding hydrogens is 236 g/mol. The number of esters is 1. The lowest BCUT2D eigenvalue weighted by atomic mass is 10.1. The molecule has 0 N–H and O–H groups in total. The summed E-state index contributed by atoms with van der Waals surface area (Å²) in [7, 11) is 0. The van der Waals surface area contributed by atoms with E-state index in [2.05, 4.69) is 6.92 Å². The minimum absolute atomic E-state index is 0.245. The van der Waals surface area contributed by atoms with Gasteiger partial charge in [0.1, 0.15) is 5.75 Å². The van der Waals surface area contributed by atoms with E-state index in [9.17, 15) is 4.79 Å². The van der Waals surface area contributed by atoms with E-state index in [4.69, 9.17) is 4.74 Å². The number of hydrogen-bond donors (Lipinski definition) is 0. The Morgan fingerprint density at radius 2 is 2.00 bits per heavy atom. The van der Waals surface area contributed by atoms with Crippen LogP contribution in [0, 0.1) is 13.8 Å². The van der Waals surface area contributed by atoms with E-state index in [0.717, 1.165) is 24.0 Å². The number of aryl methyl sites for hydroxylation is 1. The Labute approximate surface area is 116 Å². The Morgan fingerprint density at radius 3 is 2.68 bits per heavy atom. The predicted octanol–water partition coefficient (Wildman–Crippen LogP) is 4.74. The maximum Gasteiger partial charge on any atom is 0.338 e. The second-order valence-electron chi connectivity index (χ2n) is 4.97. The molecule has 0 fully saturated rings. The third-order valence-corrected chi connectivity index (χ3v) is 3.34. The molecule has 0 saturated heterocycles. The summed E-state index contributed by atoms with van der Waals surface area (Å²) in [5.74, 6) is 0.413. The normalized spacial score (nSPS) is 11.5. The first-order chi connectivity index (χ1) is 9.06. The molecule has 0 aromatic heterocycles. The largest absolute Gasteiger partial charge is 0.423 e. The average molecular weight is 260 g/mol. The molecule has 104 valence electrons. The Bertz CT molecular complexity index is 458. The first-order valence-electron chi connectivity index (χ1n) is 7.01. The molecule has 0 aliphatic carbocycles. The average Bonchev–Trinajstić information content (AvgIpc) is 2.39. The van der Waals surface area contributed by atoms with Crippen LogP contribution < -0.4 is 4.74 Å². The molecular formula is C17H24O2. The van der Waals surface area contributed by atoms with E-state index in [-0.39, 0.29) is 5.97 Å². The van der Waals surface area contributed by atoms with Gasteiger partial charge < -0.3 is 4.74 Å². The van der Waals surface area contributed by atoms with Gasteiger partial charge in [0.15, 0.2) is 0 Å². The van der Waals surface area contributed by atoms with Crippen molar-refractivity contribution in [2.75, 3.05) is 0 Å². The second kappa shape index (κ2) is 7.78. The predicted molar refractivity (Wildman–Crippen MR) is 79.5 cm³/mol. The number of benzene rings is 1. The Morgan fingerprint density at radius 1 is 1.26 bits per heavy atom.